The third-order valence-corrected chi connectivity index (χ3v) is 7.79. The SMILES string of the molecule is O=S(=O)(C1CC1)N1CCC(n2cc(-c3ccc(CCO)cc3)cn2)CC1. The van der Waals surface area contributed by atoms with Crippen molar-refractivity contribution in [3.05, 3.63) is 42.2 Å². The van der Waals surface area contributed by atoms with Crippen LogP contribution in [0.1, 0.15) is 37.3 Å². The number of aromatic nitrogens is 2. The van der Waals surface area contributed by atoms with Gasteiger partial charge in [-0.3, -0.25) is 4.68 Å². The Balaban J connectivity index is 1.41. The molecule has 1 aliphatic carbocycles. The summed E-state index contributed by atoms with van der Waals surface area (Å²) in [6, 6.07) is 8.42. The quantitative estimate of drug-likeness (QED) is 0.840. The van der Waals surface area contributed by atoms with Crippen LogP contribution in [-0.4, -0.2) is 52.6 Å². The van der Waals surface area contributed by atoms with Crippen molar-refractivity contribution < 1.29 is 13.5 Å². The Bertz CT molecular complexity index is 848. The van der Waals surface area contributed by atoms with Crippen LogP contribution in [0.25, 0.3) is 11.1 Å². The molecule has 1 saturated carbocycles. The maximum Gasteiger partial charge on any atom is 0.216 e. The molecule has 4 rings (SSSR count). The van der Waals surface area contributed by atoms with E-state index in [1.165, 1.54) is 0 Å². The highest BCUT2D eigenvalue weighted by Crippen LogP contribution is 2.34. The van der Waals surface area contributed by atoms with Gasteiger partial charge in [-0.15, -0.1) is 0 Å². The first-order valence-corrected chi connectivity index (χ1v) is 10.8. The van der Waals surface area contributed by atoms with Gasteiger partial charge in [0, 0.05) is 31.5 Å². The van der Waals surface area contributed by atoms with Crippen LogP contribution in [0.15, 0.2) is 36.7 Å². The second-order valence-corrected chi connectivity index (χ2v) is 9.47. The molecule has 1 N–H and O–H groups in total. The van der Waals surface area contributed by atoms with Gasteiger partial charge in [0.1, 0.15) is 0 Å². The Labute approximate surface area is 154 Å². The average Bonchev–Trinajstić information content (AvgIpc) is 3.41. The van der Waals surface area contributed by atoms with Crippen molar-refractivity contribution in [1.29, 1.82) is 0 Å². The van der Waals surface area contributed by atoms with Crippen LogP contribution >= 0.6 is 0 Å². The van der Waals surface area contributed by atoms with Gasteiger partial charge >= 0.3 is 0 Å². The van der Waals surface area contributed by atoms with Gasteiger partial charge in [-0.1, -0.05) is 24.3 Å². The largest absolute Gasteiger partial charge is 0.396 e. The first-order valence-electron chi connectivity index (χ1n) is 9.31. The van der Waals surface area contributed by atoms with Gasteiger partial charge in [0.05, 0.1) is 17.5 Å². The van der Waals surface area contributed by atoms with E-state index in [-0.39, 0.29) is 17.9 Å². The molecule has 0 amide bonds. The summed E-state index contributed by atoms with van der Waals surface area (Å²) in [6.45, 7) is 1.34. The summed E-state index contributed by atoms with van der Waals surface area (Å²) in [5.74, 6) is 0. The van der Waals surface area contributed by atoms with E-state index in [1.807, 2.05) is 23.0 Å². The Morgan fingerprint density at radius 1 is 1.04 bits per heavy atom. The number of rotatable bonds is 6. The Hall–Kier alpha value is -1.70. The molecule has 1 aliphatic heterocycles. The molecule has 1 aromatic heterocycles. The second-order valence-electron chi connectivity index (χ2n) is 7.25. The Kier molecular flexibility index (Phi) is 4.86. The number of hydrogen-bond donors (Lipinski definition) is 1. The fourth-order valence-corrected chi connectivity index (χ4v) is 5.49. The first-order chi connectivity index (χ1) is 12.6. The van der Waals surface area contributed by atoms with E-state index in [9.17, 15) is 8.42 Å². The first kappa shape index (κ1) is 17.7. The van der Waals surface area contributed by atoms with Crippen molar-refractivity contribution in [3.63, 3.8) is 0 Å². The highest BCUT2D eigenvalue weighted by atomic mass is 32.2. The van der Waals surface area contributed by atoms with Gasteiger partial charge in [-0.2, -0.15) is 5.10 Å². The number of benzene rings is 1. The lowest BCUT2D eigenvalue weighted by Gasteiger charge is -2.31. The molecule has 0 bridgehead atoms. The number of hydrogen-bond acceptors (Lipinski definition) is 4. The molecule has 0 unspecified atom stereocenters. The van der Waals surface area contributed by atoms with Gasteiger partial charge in [0.25, 0.3) is 0 Å². The molecule has 0 atom stereocenters. The maximum absolute atomic E-state index is 12.3. The standard InChI is InChI=1S/C19H25N3O3S/c23-12-9-15-1-3-16(4-2-15)17-13-20-22(14-17)18-7-10-21(11-8-18)26(24,25)19-5-6-19/h1-4,13-14,18-19,23H,5-12H2. The normalized spacial score (nSPS) is 19.7. The lowest BCUT2D eigenvalue weighted by atomic mass is 10.1. The lowest BCUT2D eigenvalue weighted by Crippen LogP contribution is -2.40. The third-order valence-electron chi connectivity index (χ3n) is 5.39. The van der Waals surface area contributed by atoms with Crippen LogP contribution in [0.2, 0.25) is 0 Å². The number of aliphatic hydroxyl groups excluding tert-OH is 1. The minimum atomic E-state index is -3.06. The summed E-state index contributed by atoms with van der Waals surface area (Å²) in [4.78, 5) is 0. The molecular formula is C19H25N3O3S. The van der Waals surface area contributed by atoms with E-state index in [2.05, 4.69) is 23.4 Å². The van der Waals surface area contributed by atoms with E-state index in [4.69, 9.17) is 5.11 Å². The van der Waals surface area contributed by atoms with Crippen LogP contribution in [0.5, 0.6) is 0 Å². The fourth-order valence-electron chi connectivity index (χ4n) is 3.62. The van der Waals surface area contributed by atoms with Crippen LogP contribution in [-0.2, 0) is 16.4 Å². The molecule has 1 saturated heterocycles. The zero-order valence-electron chi connectivity index (χ0n) is 14.8. The van der Waals surface area contributed by atoms with Crippen LogP contribution in [0.3, 0.4) is 0 Å². The van der Waals surface area contributed by atoms with Gasteiger partial charge in [-0.05, 0) is 43.2 Å². The molecule has 140 valence electrons. The lowest BCUT2D eigenvalue weighted by molar-refractivity contribution is 0.261. The predicted molar refractivity (Wildman–Crippen MR) is 100 cm³/mol. The summed E-state index contributed by atoms with van der Waals surface area (Å²) in [5, 5.41) is 13.4. The molecule has 26 heavy (non-hydrogen) atoms. The summed E-state index contributed by atoms with van der Waals surface area (Å²) in [7, 11) is -3.06. The van der Waals surface area contributed by atoms with Crippen molar-refractivity contribution in [2.75, 3.05) is 19.7 Å². The van der Waals surface area contributed by atoms with Crippen molar-refractivity contribution in [2.24, 2.45) is 0 Å². The van der Waals surface area contributed by atoms with E-state index < -0.39 is 10.0 Å². The van der Waals surface area contributed by atoms with Crippen molar-refractivity contribution in [3.8, 4) is 11.1 Å². The highest BCUT2D eigenvalue weighted by Gasteiger charge is 2.41. The highest BCUT2D eigenvalue weighted by molar-refractivity contribution is 7.90. The van der Waals surface area contributed by atoms with Crippen molar-refractivity contribution >= 4 is 10.0 Å². The summed E-state index contributed by atoms with van der Waals surface area (Å²) >= 11 is 0. The van der Waals surface area contributed by atoms with Crippen molar-refractivity contribution in [1.82, 2.24) is 14.1 Å². The smallest absolute Gasteiger partial charge is 0.216 e. The van der Waals surface area contributed by atoms with Gasteiger partial charge in [0.2, 0.25) is 10.0 Å². The zero-order chi connectivity index (χ0) is 18.1. The third kappa shape index (κ3) is 3.56. The van der Waals surface area contributed by atoms with Crippen LogP contribution in [0, 0.1) is 0 Å². The average molecular weight is 375 g/mol. The molecule has 6 nitrogen and oxygen atoms in total. The van der Waals surface area contributed by atoms with E-state index in [0.29, 0.717) is 19.5 Å². The van der Waals surface area contributed by atoms with Gasteiger partial charge < -0.3 is 5.11 Å². The number of nitrogens with zero attached hydrogens (tertiary/aromatic N) is 3. The minimum absolute atomic E-state index is 0.121. The molecule has 1 aromatic carbocycles. The molecule has 0 radical (unpaired) electrons. The summed E-state index contributed by atoms with van der Waals surface area (Å²) < 4.78 is 28.3. The van der Waals surface area contributed by atoms with E-state index in [1.54, 1.807) is 4.31 Å². The van der Waals surface area contributed by atoms with Crippen LogP contribution < -0.4 is 0 Å². The van der Waals surface area contributed by atoms with E-state index >= 15 is 0 Å². The Morgan fingerprint density at radius 3 is 2.35 bits per heavy atom. The topological polar surface area (TPSA) is 75.4 Å². The molecule has 2 aromatic rings. The van der Waals surface area contributed by atoms with E-state index in [0.717, 1.165) is 42.4 Å². The van der Waals surface area contributed by atoms with Crippen molar-refractivity contribution in [2.45, 2.75) is 43.4 Å². The number of piperidine rings is 1. The molecular weight excluding hydrogens is 350 g/mol. The number of aliphatic hydroxyl groups is 1. The molecule has 7 heteroatoms. The second kappa shape index (κ2) is 7.13. The predicted octanol–water partition coefficient (Wildman–Crippen LogP) is 2.21. The summed E-state index contributed by atoms with van der Waals surface area (Å²) in [5.41, 5.74) is 3.29. The molecule has 0 spiro atoms. The number of sulfonamides is 1. The molecule has 2 heterocycles. The Morgan fingerprint density at radius 2 is 1.73 bits per heavy atom. The van der Waals surface area contributed by atoms with Gasteiger partial charge in [-0.25, -0.2) is 12.7 Å². The summed E-state index contributed by atoms with van der Waals surface area (Å²) in [6.07, 6.45) is 7.85. The monoisotopic (exact) mass is 375 g/mol. The zero-order valence-corrected chi connectivity index (χ0v) is 15.6. The molecule has 2 aliphatic rings. The molecule has 2 fully saturated rings. The van der Waals surface area contributed by atoms with Crippen LogP contribution in [0.4, 0.5) is 0 Å². The fraction of sp³-hybridized carbons (Fsp3) is 0.526. The van der Waals surface area contributed by atoms with Gasteiger partial charge in [0.15, 0.2) is 0 Å². The minimum Gasteiger partial charge on any atom is -0.396 e. The maximum atomic E-state index is 12.3.